The SMILES string of the molecule is Cc1c(C(C)NC2CC=CC2)oc2ccccc12. The standard InChI is InChI=1S/C16H19NO/c1-11-14-9-5-6-10-15(14)18-16(11)12(2)17-13-7-3-4-8-13/h3-6,9-10,12-13,17H,7-8H2,1-2H3. The van der Waals surface area contributed by atoms with Gasteiger partial charge in [0.25, 0.3) is 0 Å². The molecule has 18 heavy (non-hydrogen) atoms. The first-order valence-corrected chi connectivity index (χ1v) is 6.65. The minimum absolute atomic E-state index is 0.266. The van der Waals surface area contributed by atoms with Crippen LogP contribution < -0.4 is 5.32 Å². The van der Waals surface area contributed by atoms with Gasteiger partial charge < -0.3 is 9.73 Å². The van der Waals surface area contributed by atoms with Crippen molar-refractivity contribution in [1.29, 1.82) is 0 Å². The predicted octanol–water partition coefficient (Wildman–Crippen LogP) is 4.11. The molecule has 0 amide bonds. The number of rotatable bonds is 3. The second kappa shape index (κ2) is 4.62. The van der Waals surface area contributed by atoms with Crippen molar-refractivity contribution in [1.82, 2.24) is 5.32 Å². The second-order valence-electron chi connectivity index (χ2n) is 5.12. The highest BCUT2D eigenvalue weighted by molar-refractivity contribution is 5.82. The van der Waals surface area contributed by atoms with Crippen molar-refractivity contribution in [2.75, 3.05) is 0 Å². The first kappa shape index (κ1) is 11.5. The molecule has 94 valence electrons. The van der Waals surface area contributed by atoms with Gasteiger partial charge in [0.05, 0.1) is 6.04 Å². The average molecular weight is 241 g/mol. The van der Waals surface area contributed by atoms with Crippen molar-refractivity contribution in [2.45, 2.75) is 38.8 Å². The Labute approximate surface area is 108 Å². The first-order chi connectivity index (χ1) is 8.75. The van der Waals surface area contributed by atoms with Gasteiger partial charge in [0.1, 0.15) is 11.3 Å². The molecule has 1 aliphatic rings. The van der Waals surface area contributed by atoms with Crippen LogP contribution in [0.15, 0.2) is 40.8 Å². The topological polar surface area (TPSA) is 25.2 Å². The highest BCUT2D eigenvalue weighted by Crippen LogP contribution is 2.29. The summed E-state index contributed by atoms with van der Waals surface area (Å²) in [6.45, 7) is 4.33. The summed E-state index contributed by atoms with van der Waals surface area (Å²) in [7, 11) is 0. The predicted molar refractivity (Wildman–Crippen MR) is 74.7 cm³/mol. The van der Waals surface area contributed by atoms with E-state index < -0.39 is 0 Å². The fraction of sp³-hybridized carbons (Fsp3) is 0.375. The third kappa shape index (κ3) is 1.97. The lowest BCUT2D eigenvalue weighted by atomic mass is 10.1. The van der Waals surface area contributed by atoms with Gasteiger partial charge in [-0.3, -0.25) is 0 Å². The van der Waals surface area contributed by atoms with Crippen LogP contribution in [0.25, 0.3) is 11.0 Å². The Hall–Kier alpha value is -1.54. The minimum atomic E-state index is 0.266. The molecule has 0 bridgehead atoms. The van der Waals surface area contributed by atoms with E-state index in [1.165, 1.54) is 10.9 Å². The summed E-state index contributed by atoms with van der Waals surface area (Å²) < 4.78 is 5.99. The Kier molecular flexibility index (Phi) is 2.96. The maximum absolute atomic E-state index is 5.99. The second-order valence-corrected chi connectivity index (χ2v) is 5.12. The van der Waals surface area contributed by atoms with Crippen LogP contribution >= 0.6 is 0 Å². The number of fused-ring (bicyclic) bond motifs is 1. The van der Waals surface area contributed by atoms with Gasteiger partial charge in [-0.1, -0.05) is 30.4 Å². The van der Waals surface area contributed by atoms with E-state index in [1.807, 2.05) is 12.1 Å². The van der Waals surface area contributed by atoms with Gasteiger partial charge in [-0.05, 0) is 38.3 Å². The molecular formula is C16H19NO. The van der Waals surface area contributed by atoms with E-state index in [4.69, 9.17) is 4.42 Å². The lowest BCUT2D eigenvalue weighted by Gasteiger charge is -2.18. The largest absolute Gasteiger partial charge is 0.459 e. The van der Waals surface area contributed by atoms with Crippen LogP contribution in [0.5, 0.6) is 0 Å². The quantitative estimate of drug-likeness (QED) is 0.818. The molecule has 2 aromatic rings. The molecule has 2 nitrogen and oxygen atoms in total. The van der Waals surface area contributed by atoms with Gasteiger partial charge in [-0.2, -0.15) is 0 Å². The maximum Gasteiger partial charge on any atom is 0.134 e. The molecule has 0 spiro atoms. The van der Waals surface area contributed by atoms with Gasteiger partial charge in [0.15, 0.2) is 0 Å². The smallest absolute Gasteiger partial charge is 0.134 e. The lowest BCUT2D eigenvalue weighted by molar-refractivity contribution is 0.404. The number of aryl methyl sites for hydroxylation is 1. The van der Waals surface area contributed by atoms with E-state index in [0.29, 0.717) is 6.04 Å². The van der Waals surface area contributed by atoms with Gasteiger partial charge in [0.2, 0.25) is 0 Å². The van der Waals surface area contributed by atoms with Crippen molar-refractivity contribution in [3.8, 4) is 0 Å². The molecule has 0 aliphatic heterocycles. The van der Waals surface area contributed by atoms with Gasteiger partial charge >= 0.3 is 0 Å². The molecule has 1 unspecified atom stereocenters. The molecule has 1 aromatic carbocycles. The number of para-hydroxylation sites is 1. The van der Waals surface area contributed by atoms with Crippen molar-refractivity contribution in [3.05, 3.63) is 47.7 Å². The van der Waals surface area contributed by atoms with Crippen LogP contribution in [0, 0.1) is 6.92 Å². The van der Waals surface area contributed by atoms with E-state index >= 15 is 0 Å². The van der Waals surface area contributed by atoms with E-state index in [0.717, 1.165) is 24.2 Å². The summed E-state index contributed by atoms with van der Waals surface area (Å²) >= 11 is 0. The fourth-order valence-electron chi connectivity index (χ4n) is 2.79. The molecule has 1 aliphatic carbocycles. The molecule has 1 aromatic heterocycles. The summed E-state index contributed by atoms with van der Waals surface area (Å²) in [6, 6.07) is 9.08. The molecule has 1 heterocycles. The van der Waals surface area contributed by atoms with Crippen LogP contribution in [0.4, 0.5) is 0 Å². The Balaban J connectivity index is 1.86. The number of hydrogen-bond donors (Lipinski definition) is 1. The fourth-order valence-corrected chi connectivity index (χ4v) is 2.79. The zero-order valence-corrected chi connectivity index (χ0v) is 10.9. The van der Waals surface area contributed by atoms with E-state index in [1.54, 1.807) is 0 Å². The van der Waals surface area contributed by atoms with Crippen molar-refractivity contribution >= 4 is 11.0 Å². The Morgan fingerprint density at radius 1 is 1.22 bits per heavy atom. The monoisotopic (exact) mass is 241 g/mol. The number of nitrogens with one attached hydrogen (secondary N) is 1. The normalized spacial score (nSPS) is 17.7. The van der Waals surface area contributed by atoms with Gasteiger partial charge in [-0.15, -0.1) is 0 Å². The van der Waals surface area contributed by atoms with Crippen LogP contribution in [-0.2, 0) is 0 Å². The Morgan fingerprint density at radius 2 is 1.94 bits per heavy atom. The van der Waals surface area contributed by atoms with Gasteiger partial charge in [0, 0.05) is 11.4 Å². The minimum Gasteiger partial charge on any atom is -0.459 e. The molecule has 1 atom stereocenters. The van der Waals surface area contributed by atoms with Crippen LogP contribution in [0.1, 0.15) is 37.1 Å². The van der Waals surface area contributed by atoms with Gasteiger partial charge in [-0.25, -0.2) is 0 Å². The molecule has 0 saturated heterocycles. The van der Waals surface area contributed by atoms with E-state index in [2.05, 4.69) is 43.4 Å². The zero-order chi connectivity index (χ0) is 12.5. The first-order valence-electron chi connectivity index (χ1n) is 6.65. The Bertz CT molecular complexity index is 574. The van der Waals surface area contributed by atoms with Crippen molar-refractivity contribution in [3.63, 3.8) is 0 Å². The third-order valence-electron chi connectivity index (χ3n) is 3.77. The average Bonchev–Trinajstić information content (AvgIpc) is 2.98. The summed E-state index contributed by atoms with van der Waals surface area (Å²) in [5.41, 5.74) is 2.25. The van der Waals surface area contributed by atoms with Crippen LogP contribution in [-0.4, -0.2) is 6.04 Å². The number of benzene rings is 1. The van der Waals surface area contributed by atoms with E-state index in [9.17, 15) is 0 Å². The maximum atomic E-state index is 5.99. The third-order valence-corrected chi connectivity index (χ3v) is 3.77. The van der Waals surface area contributed by atoms with E-state index in [-0.39, 0.29) is 6.04 Å². The zero-order valence-electron chi connectivity index (χ0n) is 10.9. The Morgan fingerprint density at radius 3 is 2.67 bits per heavy atom. The molecule has 0 fully saturated rings. The molecule has 1 N–H and O–H groups in total. The summed E-state index contributed by atoms with van der Waals surface area (Å²) in [4.78, 5) is 0. The molecule has 3 rings (SSSR count). The summed E-state index contributed by atoms with van der Waals surface area (Å²) in [5.74, 6) is 1.07. The van der Waals surface area contributed by atoms with Crippen LogP contribution in [0.2, 0.25) is 0 Å². The molecule has 2 heteroatoms. The highest BCUT2D eigenvalue weighted by atomic mass is 16.3. The molecular weight excluding hydrogens is 222 g/mol. The lowest BCUT2D eigenvalue weighted by Crippen LogP contribution is -2.29. The summed E-state index contributed by atoms with van der Waals surface area (Å²) in [6.07, 6.45) is 6.75. The van der Waals surface area contributed by atoms with Crippen molar-refractivity contribution in [2.24, 2.45) is 0 Å². The molecule has 0 saturated carbocycles. The number of furan rings is 1. The van der Waals surface area contributed by atoms with Crippen molar-refractivity contribution < 1.29 is 4.42 Å². The molecule has 0 radical (unpaired) electrons. The van der Waals surface area contributed by atoms with Crippen LogP contribution in [0.3, 0.4) is 0 Å². The summed E-state index contributed by atoms with van der Waals surface area (Å²) in [5, 5.41) is 4.87. The number of hydrogen-bond acceptors (Lipinski definition) is 2. The highest BCUT2D eigenvalue weighted by Gasteiger charge is 2.19.